The van der Waals surface area contributed by atoms with Crippen molar-refractivity contribution in [2.45, 2.75) is 40.5 Å². The summed E-state index contributed by atoms with van der Waals surface area (Å²) >= 11 is 0. The Bertz CT molecular complexity index is 235. The summed E-state index contributed by atoms with van der Waals surface area (Å²) in [7, 11) is 0. The fourth-order valence-corrected chi connectivity index (χ4v) is 1.60. The number of carboxylic acid groups (broad SMARTS) is 1. The van der Waals surface area contributed by atoms with Gasteiger partial charge in [-0.15, -0.1) is 0 Å². The molecule has 0 aromatic carbocycles. The van der Waals surface area contributed by atoms with Gasteiger partial charge in [0.15, 0.2) is 0 Å². The van der Waals surface area contributed by atoms with Gasteiger partial charge in [-0.2, -0.15) is 0 Å². The maximum absolute atomic E-state index is 11.7. The molecule has 4 heteroatoms. The summed E-state index contributed by atoms with van der Waals surface area (Å²) in [5.41, 5.74) is 0. The third kappa shape index (κ3) is 4.64. The van der Waals surface area contributed by atoms with Gasteiger partial charge in [0.2, 0.25) is 0 Å². The van der Waals surface area contributed by atoms with Crippen LogP contribution in [0.15, 0.2) is 0 Å². The molecule has 4 nitrogen and oxygen atoms in total. The molecule has 0 fully saturated rings. The maximum Gasteiger partial charge on any atom is 0.309 e. The zero-order valence-corrected chi connectivity index (χ0v) is 10.5. The normalized spacial score (nSPS) is 14.6. The van der Waals surface area contributed by atoms with Gasteiger partial charge in [0.05, 0.1) is 18.4 Å². The average molecular weight is 230 g/mol. The van der Waals surface area contributed by atoms with Gasteiger partial charge in [0.1, 0.15) is 0 Å². The highest BCUT2D eigenvalue weighted by atomic mass is 16.5. The highest BCUT2D eigenvalue weighted by molar-refractivity contribution is 5.81. The molecule has 2 unspecified atom stereocenters. The summed E-state index contributed by atoms with van der Waals surface area (Å²) in [5.74, 6) is -2.20. The number of rotatable bonds is 7. The monoisotopic (exact) mass is 230 g/mol. The first kappa shape index (κ1) is 14.9. The first-order valence-corrected chi connectivity index (χ1v) is 5.83. The molecule has 0 bridgehead atoms. The second-order valence-electron chi connectivity index (χ2n) is 4.39. The molecule has 94 valence electrons. The molecule has 0 aromatic rings. The minimum atomic E-state index is -0.921. The van der Waals surface area contributed by atoms with E-state index in [-0.39, 0.29) is 11.9 Å². The van der Waals surface area contributed by atoms with E-state index in [1.807, 2.05) is 20.8 Å². The SMILES string of the molecule is CCC(C(=O)O)C(CC)C(=O)OCC(C)C. The van der Waals surface area contributed by atoms with Gasteiger partial charge in [0, 0.05) is 0 Å². The van der Waals surface area contributed by atoms with Crippen LogP contribution in [-0.4, -0.2) is 23.7 Å². The highest BCUT2D eigenvalue weighted by Crippen LogP contribution is 2.21. The van der Waals surface area contributed by atoms with Crippen molar-refractivity contribution in [1.29, 1.82) is 0 Å². The number of carboxylic acids is 1. The van der Waals surface area contributed by atoms with Gasteiger partial charge in [-0.25, -0.2) is 0 Å². The van der Waals surface area contributed by atoms with E-state index in [1.54, 1.807) is 6.92 Å². The van der Waals surface area contributed by atoms with Crippen molar-refractivity contribution in [2.24, 2.45) is 17.8 Å². The van der Waals surface area contributed by atoms with Crippen LogP contribution in [-0.2, 0) is 14.3 Å². The number of ether oxygens (including phenoxy) is 1. The second kappa shape index (κ2) is 7.25. The van der Waals surface area contributed by atoms with E-state index in [2.05, 4.69) is 0 Å². The second-order valence-corrected chi connectivity index (χ2v) is 4.39. The summed E-state index contributed by atoms with van der Waals surface area (Å²) in [5, 5.41) is 8.99. The number of esters is 1. The third-order valence-electron chi connectivity index (χ3n) is 2.54. The van der Waals surface area contributed by atoms with Gasteiger partial charge in [-0.3, -0.25) is 9.59 Å². The van der Waals surface area contributed by atoms with Gasteiger partial charge in [-0.05, 0) is 18.8 Å². The maximum atomic E-state index is 11.7. The molecule has 0 saturated heterocycles. The first-order valence-electron chi connectivity index (χ1n) is 5.83. The molecular weight excluding hydrogens is 208 g/mol. The third-order valence-corrected chi connectivity index (χ3v) is 2.54. The lowest BCUT2D eigenvalue weighted by Crippen LogP contribution is -2.31. The molecule has 0 aliphatic carbocycles. The smallest absolute Gasteiger partial charge is 0.309 e. The van der Waals surface area contributed by atoms with Crippen molar-refractivity contribution in [3.63, 3.8) is 0 Å². The van der Waals surface area contributed by atoms with Crippen molar-refractivity contribution in [3.05, 3.63) is 0 Å². The van der Waals surface area contributed by atoms with E-state index in [9.17, 15) is 9.59 Å². The van der Waals surface area contributed by atoms with E-state index < -0.39 is 17.8 Å². The molecule has 0 aliphatic rings. The Morgan fingerprint density at radius 3 is 1.94 bits per heavy atom. The number of carbonyl (C=O) groups excluding carboxylic acids is 1. The van der Waals surface area contributed by atoms with Crippen LogP contribution in [0.25, 0.3) is 0 Å². The van der Waals surface area contributed by atoms with E-state index >= 15 is 0 Å². The molecule has 0 rings (SSSR count). The van der Waals surface area contributed by atoms with Crippen molar-refractivity contribution in [2.75, 3.05) is 6.61 Å². The van der Waals surface area contributed by atoms with Gasteiger partial charge in [0.25, 0.3) is 0 Å². The predicted molar refractivity (Wildman–Crippen MR) is 61.0 cm³/mol. The Balaban J connectivity index is 4.46. The van der Waals surface area contributed by atoms with Crippen LogP contribution in [0.3, 0.4) is 0 Å². The molecule has 16 heavy (non-hydrogen) atoms. The Hall–Kier alpha value is -1.06. The average Bonchev–Trinajstić information content (AvgIpc) is 2.21. The van der Waals surface area contributed by atoms with Crippen molar-refractivity contribution in [1.82, 2.24) is 0 Å². The summed E-state index contributed by atoms with van der Waals surface area (Å²) in [4.78, 5) is 22.7. The molecule has 0 saturated carbocycles. The number of hydrogen-bond acceptors (Lipinski definition) is 3. The lowest BCUT2D eigenvalue weighted by Gasteiger charge is -2.20. The van der Waals surface area contributed by atoms with Gasteiger partial charge >= 0.3 is 11.9 Å². The molecule has 0 aliphatic heterocycles. The largest absolute Gasteiger partial charge is 0.481 e. The standard InChI is InChI=1S/C12H22O4/c1-5-9(11(13)14)10(6-2)12(15)16-7-8(3)4/h8-10H,5-7H2,1-4H3,(H,13,14). The topological polar surface area (TPSA) is 63.6 Å². The zero-order chi connectivity index (χ0) is 12.7. The minimum absolute atomic E-state index is 0.270. The molecule has 0 amide bonds. The van der Waals surface area contributed by atoms with Crippen LogP contribution in [0.1, 0.15) is 40.5 Å². The molecule has 0 heterocycles. The summed E-state index contributed by atoms with van der Waals surface area (Å²) < 4.78 is 5.09. The number of carbonyl (C=O) groups is 2. The van der Waals surface area contributed by atoms with E-state index in [4.69, 9.17) is 9.84 Å². The summed E-state index contributed by atoms with van der Waals surface area (Å²) in [6, 6.07) is 0. The Morgan fingerprint density at radius 1 is 1.12 bits per heavy atom. The van der Waals surface area contributed by atoms with Crippen molar-refractivity contribution in [3.8, 4) is 0 Å². The lowest BCUT2D eigenvalue weighted by molar-refractivity contribution is -0.158. The molecular formula is C12H22O4. The number of aliphatic carboxylic acids is 1. The van der Waals surface area contributed by atoms with Gasteiger partial charge in [-0.1, -0.05) is 27.7 Å². The van der Waals surface area contributed by atoms with Crippen LogP contribution in [0.4, 0.5) is 0 Å². The summed E-state index contributed by atoms with van der Waals surface area (Å²) in [6.45, 7) is 7.83. The Kier molecular flexibility index (Phi) is 6.77. The molecule has 0 aromatic heterocycles. The zero-order valence-electron chi connectivity index (χ0n) is 10.5. The van der Waals surface area contributed by atoms with Gasteiger partial charge < -0.3 is 9.84 Å². The molecule has 0 radical (unpaired) electrons. The predicted octanol–water partition coefficient (Wildman–Crippen LogP) is 2.32. The van der Waals surface area contributed by atoms with Crippen LogP contribution in [0, 0.1) is 17.8 Å². The fraction of sp³-hybridized carbons (Fsp3) is 0.833. The van der Waals surface area contributed by atoms with E-state index in [0.29, 0.717) is 19.4 Å². The van der Waals surface area contributed by atoms with Crippen LogP contribution in [0.5, 0.6) is 0 Å². The fourth-order valence-electron chi connectivity index (χ4n) is 1.60. The molecule has 1 N–H and O–H groups in total. The molecule has 0 spiro atoms. The first-order chi connectivity index (χ1) is 7.43. The minimum Gasteiger partial charge on any atom is -0.481 e. The number of hydrogen-bond donors (Lipinski definition) is 1. The van der Waals surface area contributed by atoms with Crippen molar-refractivity contribution < 1.29 is 19.4 Å². The Labute approximate surface area is 97.0 Å². The van der Waals surface area contributed by atoms with E-state index in [1.165, 1.54) is 0 Å². The summed E-state index contributed by atoms with van der Waals surface area (Å²) in [6.07, 6.45) is 0.951. The van der Waals surface area contributed by atoms with Crippen LogP contribution >= 0.6 is 0 Å². The lowest BCUT2D eigenvalue weighted by atomic mass is 9.88. The highest BCUT2D eigenvalue weighted by Gasteiger charge is 2.32. The van der Waals surface area contributed by atoms with Crippen LogP contribution < -0.4 is 0 Å². The van der Waals surface area contributed by atoms with E-state index in [0.717, 1.165) is 0 Å². The molecule has 2 atom stereocenters. The quantitative estimate of drug-likeness (QED) is 0.682. The van der Waals surface area contributed by atoms with Crippen molar-refractivity contribution >= 4 is 11.9 Å². The van der Waals surface area contributed by atoms with Crippen LogP contribution in [0.2, 0.25) is 0 Å². The Morgan fingerprint density at radius 2 is 1.62 bits per heavy atom.